The summed E-state index contributed by atoms with van der Waals surface area (Å²) in [5.74, 6) is 0.311. The Hall–Kier alpha value is -3.55. The molecule has 0 aromatic heterocycles. The van der Waals surface area contributed by atoms with Gasteiger partial charge in [0, 0.05) is 19.4 Å². The minimum atomic E-state index is -0.604. The number of para-hydroxylation sites is 2. The Morgan fingerprint density at radius 3 is 1.86 bits per heavy atom. The molecule has 0 saturated heterocycles. The largest absolute Gasteiger partial charge is 0.494 e. The zero-order valence-corrected chi connectivity index (χ0v) is 22.2. The molecular weight excluding hydrogens is 458 g/mol. The van der Waals surface area contributed by atoms with E-state index in [9.17, 15) is 14.4 Å². The first-order chi connectivity index (χ1) is 16.8. The molecule has 0 spiro atoms. The highest BCUT2D eigenvalue weighted by molar-refractivity contribution is 5.99. The Bertz CT molecular complexity index is 1020. The van der Waals surface area contributed by atoms with E-state index in [4.69, 9.17) is 9.47 Å². The third-order valence-corrected chi connectivity index (χ3v) is 5.03. The first-order valence-electron chi connectivity index (χ1n) is 12.2. The zero-order valence-electron chi connectivity index (χ0n) is 22.2. The smallest absolute Gasteiger partial charge is 0.407 e. The number of rotatable bonds is 10. The minimum absolute atomic E-state index is 0.0651. The SMILES string of the molecule is CC(C)(C)OC(=O)NCCC(=O)Nc1ccccc1NC(=O)CCCOc1ccc(C(C)(C)C)cc1. The van der Waals surface area contributed by atoms with E-state index in [1.807, 2.05) is 12.1 Å². The molecule has 0 heterocycles. The van der Waals surface area contributed by atoms with Crippen LogP contribution in [-0.2, 0) is 19.7 Å². The van der Waals surface area contributed by atoms with Crippen molar-refractivity contribution in [2.75, 3.05) is 23.8 Å². The van der Waals surface area contributed by atoms with Crippen LogP contribution in [0.25, 0.3) is 0 Å². The standard InChI is InChI=1S/C28H39N3O5/c1-27(2,3)20-13-15-21(16-14-20)35-19-9-12-24(32)30-22-10-7-8-11-23(22)31-25(33)17-18-29-26(34)36-28(4,5)6/h7-8,10-11,13-16H,9,12,17-19H2,1-6H3,(H,29,34)(H,30,32)(H,31,33). The average molecular weight is 498 g/mol. The van der Waals surface area contributed by atoms with Crippen LogP contribution in [0.5, 0.6) is 5.75 Å². The number of carbonyl (C=O) groups is 3. The van der Waals surface area contributed by atoms with Crippen LogP contribution >= 0.6 is 0 Å². The minimum Gasteiger partial charge on any atom is -0.494 e. The van der Waals surface area contributed by atoms with Crippen LogP contribution < -0.4 is 20.7 Å². The lowest BCUT2D eigenvalue weighted by Gasteiger charge is -2.19. The summed E-state index contributed by atoms with van der Waals surface area (Å²) in [6.45, 7) is 12.3. The monoisotopic (exact) mass is 497 g/mol. The first kappa shape index (κ1) is 28.7. The number of carbonyl (C=O) groups excluding carboxylic acids is 3. The molecule has 36 heavy (non-hydrogen) atoms. The van der Waals surface area contributed by atoms with E-state index in [1.54, 1.807) is 45.0 Å². The van der Waals surface area contributed by atoms with Crippen LogP contribution in [0.4, 0.5) is 16.2 Å². The van der Waals surface area contributed by atoms with Gasteiger partial charge in [0.2, 0.25) is 11.8 Å². The number of alkyl carbamates (subject to hydrolysis) is 1. The van der Waals surface area contributed by atoms with Crippen LogP contribution in [0.1, 0.15) is 66.4 Å². The molecule has 196 valence electrons. The number of hydrogen-bond acceptors (Lipinski definition) is 5. The Morgan fingerprint density at radius 2 is 1.33 bits per heavy atom. The maximum atomic E-state index is 12.4. The summed E-state index contributed by atoms with van der Waals surface area (Å²) in [5, 5.41) is 8.16. The molecule has 0 fully saturated rings. The van der Waals surface area contributed by atoms with E-state index in [-0.39, 0.29) is 36.6 Å². The van der Waals surface area contributed by atoms with Crippen LogP contribution in [0, 0.1) is 0 Å². The van der Waals surface area contributed by atoms with Crippen LogP contribution in [0.15, 0.2) is 48.5 Å². The molecule has 3 amide bonds. The van der Waals surface area contributed by atoms with E-state index in [2.05, 4.69) is 48.9 Å². The van der Waals surface area contributed by atoms with Gasteiger partial charge in [0.1, 0.15) is 11.4 Å². The number of nitrogens with one attached hydrogen (secondary N) is 3. The van der Waals surface area contributed by atoms with Gasteiger partial charge in [0.15, 0.2) is 0 Å². The highest BCUT2D eigenvalue weighted by atomic mass is 16.6. The molecule has 2 aromatic rings. The number of anilines is 2. The Morgan fingerprint density at radius 1 is 0.778 bits per heavy atom. The Balaban J connectivity index is 1.75. The van der Waals surface area contributed by atoms with Gasteiger partial charge in [-0.15, -0.1) is 0 Å². The normalized spacial score (nSPS) is 11.4. The molecule has 3 N–H and O–H groups in total. The number of hydrogen-bond donors (Lipinski definition) is 3. The predicted molar refractivity (Wildman–Crippen MR) is 142 cm³/mol. The first-order valence-corrected chi connectivity index (χ1v) is 12.2. The molecule has 0 aliphatic rings. The van der Waals surface area contributed by atoms with Crippen molar-refractivity contribution in [3.8, 4) is 5.75 Å². The maximum Gasteiger partial charge on any atom is 0.407 e. The summed E-state index contributed by atoms with van der Waals surface area (Å²) in [6, 6.07) is 15.0. The highest BCUT2D eigenvalue weighted by Gasteiger charge is 2.16. The molecule has 0 unspecified atom stereocenters. The van der Waals surface area contributed by atoms with Crippen LogP contribution in [0.3, 0.4) is 0 Å². The maximum absolute atomic E-state index is 12.4. The van der Waals surface area contributed by atoms with E-state index in [0.29, 0.717) is 24.4 Å². The average Bonchev–Trinajstić information content (AvgIpc) is 2.76. The second-order valence-electron chi connectivity index (χ2n) is 10.5. The van der Waals surface area contributed by atoms with Crippen molar-refractivity contribution in [1.29, 1.82) is 0 Å². The second kappa shape index (κ2) is 13.0. The van der Waals surface area contributed by atoms with Crippen molar-refractivity contribution < 1.29 is 23.9 Å². The molecule has 8 nitrogen and oxygen atoms in total. The molecule has 0 aliphatic heterocycles. The van der Waals surface area contributed by atoms with E-state index >= 15 is 0 Å². The van der Waals surface area contributed by atoms with E-state index < -0.39 is 11.7 Å². The van der Waals surface area contributed by atoms with Gasteiger partial charge in [0.25, 0.3) is 0 Å². The molecule has 2 rings (SSSR count). The molecule has 0 bridgehead atoms. The summed E-state index contributed by atoms with van der Waals surface area (Å²) >= 11 is 0. The summed E-state index contributed by atoms with van der Waals surface area (Å²) in [7, 11) is 0. The summed E-state index contributed by atoms with van der Waals surface area (Å²) < 4.78 is 10.9. The van der Waals surface area contributed by atoms with Gasteiger partial charge >= 0.3 is 6.09 Å². The van der Waals surface area contributed by atoms with Crippen molar-refractivity contribution in [2.45, 2.75) is 71.8 Å². The Labute approximate surface area is 214 Å². The van der Waals surface area contributed by atoms with E-state index in [1.165, 1.54) is 5.56 Å². The fourth-order valence-electron chi connectivity index (χ4n) is 3.19. The lowest BCUT2D eigenvalue weighted by Crippen LogP contribution is -2.34. The molecule has 0 radical (unpaired) electrons. The fraction of sp³-hybridized carbons (Fsp3) is 0.464. The van der Waals surface area contributed by atoms with Crippen LogP contribution in [-0.4, -0.2) is 36.7 Å². The summed E-state index contributed by atoms with van der Waals surface area (Å²) in [6.07, 6.45) is 0.323. The molecule has 0 aliphatic carbocycles. The van der Waals surface area contributed by atoms with Crippen LogP contribution in [0.2, 0.25) is 0 Å². The third kappa shape index (κ3) is 10.8. The second-order valence-corrected chi connectivity index (χ2v) is 10.5. The van der Waals surface area contributed by atoms with Gasteiger partial charge in [-0.3, -0.25) is 9.59 Å². The lowest BCUT2D eigenvalue weighted by molar-refractivity contribution is -0.117. The van der Waals surface area contributed by atoms with Crippen molar-refractivity contribution >= 4 is 29.3 Å². The quantitative estimate of drug-likeness (QED) is 0.369. The van der Waals surface area contributed by atoms with Crippen molar-refractivity contribution in [2.24, 2.45) is 0 Å². The van der Waals surface area contributed by atoms with Gasteiger partial charge in [-0.25, -0.2) is 4.79 Å². The molecule has 2 aromatic carbocycles. The predicted octanol–water partition coefficient (Wildman–Crippen LogP) is 5.64. The third-order valence-electron chi connectivity index (χ3n) is 5.03. The van der Waals surface area contributed by atoms with Gasteiger partial charge in [-0.05, 0) is 62.4 Å². The van der Waals surface area contributed by atoms with Gasteiger partial charge in [-0.2, -0.15) is 0 Å². The lowest BCUT2D eigenvalue weighted by atomic mass is 9.87. The van der Waals surface area contributed by atoms with Gasteiger partial charge < -0.3 is 25.4 Å². The molecule has 0 saturated carbocycles. The number of amides is 3. The number of benzene rings is 2. The van der Waals surface area contributed by atoms with Gasteiger partial charge in [0.05, 0.1) is 18.0 Å². The van der Waals surface area contributed by atoms with Gasteiger partial charge in [-0.1, -0.05) is 45.0 Å². The molecular formula is C28H39N3O5. The topological polar surface area (TPSA) is 106 Å². The zero-order chi connectivity index (χ0) is 26.8. The molecule has 8 heteroatoms. The van der Waals surface area contributed by atoms with Crippen molar-refractivity contribution in [3.63, 3.8) is 0 Å². The fourth-order valence-corrected chi connectivity index (χ4v) is 3.19. The van der Waals surface area contributed by atoms with Crippen molar-refractivity contribution in [1.82, 2.24) is 5.32 Å². The molecule has 0 atom stereocenters. The highest BCUT2D eigenvalue weighted by Crippen LogP contribution is 2.24. The summed E-state index contributed by atoms with van der Waals surface area (Å²) in [5.41, 5.74) is 1.72. The van der Waals surface area contributed by atoms with Crippen molar-refractivity contribution in [3.05, 3.63) is 54.1 Å². The summed E-state index contributed by atoms with van der Waals surface area (Å²) in [4.78, 5) is 36.4. The number of ether oxygens (including phenoxy) is 2. The van der Waals surface area contributed by atoms with E-state index in [0.717, 1.165) is 5.75 Å². The Kier molecular flexibility index (Phi) is 10.3.